The third-order valence-corrected chi connectivity index (χ3v) is 8.16. The van der Waals surface area contributed by atoms with Crippen molar-refractivity contribution in [1.29, 1.82) is 0 Å². The van der Waals surface area contributed by atoms with Crippen LogP contribution in [0.25, 0.3) is 0 Å². The minimum atomic E-state index is -0.439. The summed E-state index contributed by atoms with van der Waals surface area (Å²) in [7, 11) is 0. The second-order valence-corrected chi connectivity index (χ2v) is 11.4. The van der Waals surface area contributed by atoms with Gasteiger partial charge in [0.1, 0.15) is 6.04 Å². The van der Waals surface area contributed by atoms with Crippen LogP contribution in [-0.4, -0.2) is 72.9 Å². The van der Waals surface area contributed by atoms with E-state index < -0.39 is 6.04 Å². The highest BCUT2D eigenvalue weighted by atomic mass is 35.5. The highest BCUT2D eigenvalue weighted by Gasteiger charge is 2.34. The second-order valence-electron chi connectivity index (χ2n) is 10.00. The van der Waals surface area contributed by atoms with Crippen molar-refractivity contribution in [3.05, 3.63) is 71.1 Å². The van der Waals surface area contributed by atoms with Crippen LogP contribution < -0.4 is 10.6 Å². The fraction of sp³-hybridized carbons (Fsp3) is 0.483. The molecule has 199 valence electrons. The number of anilines is 1. The Morgan fingerprint density at radius 3 is 2.46 bits per heavy atom. The van der Waals surface area contributed by atoms with E-state index in [4.69, 9.17) is 17.3 Å². The summed E-state index contributed by atoms with van der Waals surface area (Å²) in [5.41, 5.74) is 9.15. The molecule has 8 heteroatoms. The number of primary amides is 1. The molecule has 4 rings (SSSR count). The van der Waals surface area contributed by atoms with E-state index in [0.717, 1.165) is 55.2 Å². The monoisotopic (exact) mass is 541 g/mol. The lowest BCUT2D eigenvalue weighted by molar-refractivity contribution is -0.128. The highest BCUT2D eigenvalue weighted by Crippen LogP contribution is 2.36. The molecule has 2 N–H and O–H groups in total. The van der Waals surface area contributed by atoms with Gasteiger partial charge in [0.05, 0.1) is 6.42 Å². The minimum absolute atomic E-state index is 0.0577. The van der Waals surface area contributed by atoms with Crippen LogP contribution in [-0.2, 0) is 16.0 Å². The fourth-order valence-corrected chi connectivity index (χ4v) is 5.57. The number of nitrogens with zero attached hydrogens (tertiary/aromatic N) is 3. The molecule has 1 saturated carbocycles. The Labute approximate surface area is 230 Å². The van der Waals surface area contributed by atoms with Gasteiger partial charge >= 0.3 is 0 Å². The zero-order valence-corrected chi connectivity index (χ0v) is 23.2. The van der Waals surface area contributed by atoms with E-state index in [2.05, 4.69) is 28.2 Å². The molecule has 2 amide bonds. The van der Waals surface area contributed by atoms with Gasteiger partial charge in [0.2, 0.25) is 11.8 Å². The molecular weight excluding hydrogens is 504 g/mol. The van der Waals surface area contributed by atoms with Gasteiger partial charge in [0.15, 0.2) is 0 Å². The minimum Gasteiger partial charge on any atom is -0.368 e. The Hall–Kier alpha value is -2.22. The van der Waals surface area contributed by atoms with Gasteiger partial charge in [-0.3, -0.25) is 14.5 Å². The van der Waals surface area contributed by atoms with Gasteiger partial charge < -0.3 is 15.5 Å². The van der Waals surface area contributed by atoms with Crippen LogP contribution in [0, 0.1) is 12.3 Å². The molecule has 1 unspecified atom stereocenters. The molecule has 1 radical (unpaired) electrons. The fourth-order valence-electron chi connectivity index (χ4n) is 5.03. The Balaban J connectivity index is 1.41. The van der Waals surface area contributed by atoms with Crippen molar-refractivity contribution in [2.24, 2.45) is 11.7 Å². The summed E-state index contributed by atoms with van der Waals surface area (Å²) in [6.07, 6.45) is 7.96. The SMILES string of the molecule is CSCCCN(CC1CC1)C(C(N)=O)c1ccccc1N1CCN(C(=O)[CH]Cc2ccc(Cl)cc2)CC1. The van der Waals surface area contributed by atoms with Gasteiger partial charge in [0, 0.05) is 55.5 Å². The van der Waals surface area contributed by atoms with Gasteiger partial charge in [-0.25, -0.2) is 0 Å². The highest BCUT2D eigenvalue weighted by molar-refractivity contribution is 7.98. The van der Waals surface area contributed by atoms with Crippen LogP contribution in [0.2, 0.25) is 5.02 Å². The van der Waals surface area contributed by atoms with E-state index in [-0.39, 0.29) is 11.8 Å². The van der Waals surface area contributed by atoms with Crippen LogP contribution >= 0.6 is 23.4 Å². The molecule has 1 aliphatic carbocycles. The van der Waals surface area contributed by atoms with E-state index in [0.29, 0.717) is 30.5 Å². The number of hydrogen-bond acceptors (Lipinski definition) is 5. The lowest BCUT2D eigenvalue weighted by Crippen LogP contribution is -2.49. The summed E-state index contributed by atoms with van der Waals surface area (Å²) < 4.78 is 0. The molecule has 2 aromatic carbocycles. The van der Waals surface area contributed by atoms with Crippen LogP contribution in [0.5, 0.6) is 0 Å². The predicted molar refractivity (Wildman–Crippen MR) is 154 cm³/mol. The maximum absolute atomic E-state index is 12.9. The number of nitrogens with two attached hydrogens (primary N) is 1. The average molecular weight is 542 g/mol. The van der Waals surface area contributed by atoms with Crippen molar-refractivity contribution in [2.45, 2.75) is 31.7 Å². The Bertz CT molecular complexity index is 1040. The van der Waals surface area contributed by atoms with Crippen LogP contribution in [0.4, 0.5) is 5.69 Å². The first-order valence-electron chi connectivity index (χ1n) is 13.2. The Morgan fingerprint density at radius 2 is 1.81 bits per heavy atom. The lowest BCUT2D eigenvalue weighted by atomic mass is 10.00. The molecule has 0 bridgehead atoms. The molecule has 2 aliphatic rings. The Morgan fingerprint density at radius 1 is 1.11 bits per heavy atom. The molecule has 1 aliphatic heterocycles. The normalized spacial score (nSPS) is 16.7. The van der Waals surface area contributed by atoms with Gasteiger partial charge in [-0.1, -0.05) is 41.9 Å². The number of piperazine rings is 1. The smallest absolute Gasteiger partial charge is 0.239 e. The van der Waals surface area contributed by atoms with Crippen molar-refractivity contribution >= 4 is 40.9 Å². The van der Waals surface area contributed by atoms with Crippen LogP contribution in [0.1, 0.15) is 36.4 Å². The van der Waals surface area contributed by atoms with Crippen molar-refractivity contribution < 1.29 is 9.59 Å². The molecular formula is C29H38ClN4O2S. The quantitative estimate of drug-likeness (QED) is 0.380. The second kappa shape index (κ2) is 13.5. The molecule has 1 atom stereocenters. The molecule has 1 saturated heterocycles. The number of carbonyl (C=O) groups is 2. The van der Waals surface area contributed by atoms with Gasteiger partial charge in [0.25, 0.3) is 0 Å². The summed E-state index contributed by atoms with van der Waals surface area (Å²) in [4.78, 5) is 32.2. The zero-order chi connectivity index (χ0) is 26.2. The first-order valence-corrected chi connectivity index (χ1v) is 15.0. The molecule has 37 heavy (non-hydrogen) atoms. The lowest BCUT2D eigenvalue weighted by Gasteiger charge is -2.39. The molecule has 0 aromatic heterocycles. The number of halogens is 1. The standard InChI is InChI=1S/C29H38ClN4O2S/c1-37-20-4-15-34(21-23-7-8-23)28(29(31)36)25-5-2-3-6-26(25)32-16-18-33(19-17-32)27(35)14-11-22-9-12-24(30)13-10-22/h2-3,5-6,9-10,12-14,23,28H,4,7-8,11,15-21H2,1H3,(H2,31,36). The zero-order valence-electron chi connectivity index (χ0n) is 21.7. The summed E-state index contributed by atoms with van der Waals surface area (Å²) in [5.74, 6) is 1.51. The van der Waals surface area contributed by atoms with Crippen molar-refractivity contribution in [1.82, 2.24) is 9.80 Å². The summed E-state index contributed by atoms with van der Waals surface area (Å²) >= 11 is 7.79. The van der Waals surface area contributed by atoms with Gasteiger partial charge in [-0.15, -0.1) is 0 Å². The molecule has 2 fully saturated rings. The summed E-state index contributed by atoms with van der Waals surface area (Å²) in [6.45, 7) is 4.51. The number of carbonyl (C=O) groups excluding carboxylic acids is 2. The largest absolute Gasteiger partial charge is 0.368 e. The van der Waals surface area contributed by atoms with E-state index >= 15 is 0 Å². The summed E-state index contributed by atoms with van der Waals surface area (Å²) in [6, 6.07) is 15.3. The number of rotatable bonds is 13. The Kier molecular flexibility index (Phi) is 10.2. The van der Waals surface area contributed by atoms with Crippen molar-refractivity contribution in [3.8, 4) is 0 Å². The topological polar surface area (TPSA) is 69.9 Å². The third-order valence-electron chi connectivity index (χ3n) is 7.21. The number of hydrogen-bond donors (Lipinski definition) is 1. The number of benzene rings is 2. The maximum Gasteiger partial charge on any atom is 0.239 e. The van der Waals surface area contributed by atoms with Crippen molar-refractivity contribution in [2.75, 3.05) is 56.2 Å². The number of thioether (sulfide) groups is 1. The van der Waals surface area contributed by atoms with E-state index in [9.17, 15) is 9.59 Å². The maximum atomic E-state index is 12.9. The van der Waals surface area contributed by atoms with E-state index in [1.165, 1.54) is 12.8 Å². The van der Waals surface area contributed by atoms with Gasteiger partial charge in [-0.2, -0.15) is 11.8 Å². The number of para-hydroxylation sites is 1. The van der Waals surface area contributed by atoms with E-state index in [1.807, 2.05) is 53.1 Å². The van der Waals surface area contributed by atoms with Crippen molar-refractivity contribution in [3.63, 3.8) is 0 Å². The molecule has 2 aromatic rings. The van der Waals surface area contributed by atoms with Crippen LogP contribution in [0.3, 0.4) is 0 Å². The summed E-state index contributed by atoms with van der Waals surface area (Å²) in [5, 5.41) is 0.695. The molecule has 1 heterocycles. The predicted octanol–water partition coefficient (Wildman–Crippen LogP) is 4.43. The molecule has 6 nitrogen and oxygen atoms in total. The average Bonchev–Trinajstić information content (AvgIpc) is 3.73. The van der Waals surface area contributed by atoms with Gasteiger partial charge in [-0.05, 0) is 67.4 Å². The van der Waals surface area contributed by atoms with Crippen LogP contribution in [0.15, 0.2) is 48.5 Å². The third kappa shape index (κ3) is 7.88. The first kappa shape index (κ1) is 27.8. The molecule has 0 spiro atoms. The van der Waals surface area contributed by atoms with E-state index in [1.54, 1.807) is 6.42 Å². The number of amides is 2. The first-order chi connectivity index (χ1) is 18.0.